The first kappa shape index (κ1) is 20.1. The molecule has 1 saturated heterocycles. The minimum Gasteiger partial charge on any atom is -0.352 e. The van der Waals surface area contributed by atoms with Gasteiger partial charge in [0.15, 0.2) is 0 Å². The highest BCUT2D eigenvalue weighted by atomic mass is 16.2. The number of nitrogens with one attached hydrogen (secondary N) is 1. The molecule has 2 fully saturated rings. The van der Waals surface area contributed by atoms with E-state index in [1.54, 1.807) is 0 Å². The Morgan fingerprint density at radius 3 is 2.41 bits per heavy atom. The van der Waals surface area contributed by atoms with Crippen molar-refractivity contribution in [2.45, 2.75) is 57.5 Å². The van der Waals surface area contributed by atoms with Crippen LogP contribution in [0.3, 0.4) is 0 Å². The van der Waals surface area contributed by atoms with E-state index in [0.717, 1.165) is 45.6 Å². The highest BCUT2D eigenvalue weighted by Gasteiger charge is 2.26. The Hall–Kier alpha value is -1.65. The first-order chi connectivity index (χ1) is 13.2. The van der Waals surface area contributed by atoms with Gasteiger partial charge < -0.3 is 5.32 Å². The average Bonchev–Trinajstić information content (AvgIpc) is 2.97. The summed E-state index contributed by atoms with van der Waals surface area (Å²) < 4.78 is 0. The molecule has 1 amide bonds. The summed E-state index contributed by atoms with van der Waals surface area (Å²) in [5, 5.41) is 3.31. The highest BCUT2D eigenvalue weighted by molar-refractivity contribution is 5.81. The number of hydrogen-bond acceptors (Lipinski definition) is 3. The van der Waals surface area contributed by atoms with Crippen molar-refractivity contribution in [2.75, 3.05) is 32.7 Å². The van der Waals surface area contributed by atoms with Crippen molar-refractivity contribution in [3.63, 3.8) is 0 Å². The van der Waals surface area contributed by atoms with Crippen molar-refractivity contribution in [1.82, 2.24) is 15.1 Å². The maximum absolute atomic E-state index is 12.7. The summed E-state index contributed by atoms with van der Waals surface area (Å²) in [4.78, 5) is 17.5. The molecule has 1 saturated carbocycles. The number of piperazine rings is 1. The summed E-state index contributed by atoms with van der Waals surface area (Å²) in [6.07, 6.45) is 11.9. The van der Waals surface area contributed by atoms with Gasteiger partial charge in [0.1, 0.15) is 0 Å². The van der Waals surface area contributed by atoms with E-state index in [4.69, 9.17) is 0 Å². The van der Waals surface area contributed by atoms with Crippen LogP contribution < -0.4 is 5.32 Å². The smallest absolute Gasteiger partial charge is 0.237 e. The van der Waals surface area contributed by atoms with Crippen LogP contribution in [0.2, 0.25) is 0 Å². The van der Waals surface area contributed by atoms with Gasteiger partial charge in [0.25, 0.3) is 0 Å². The third-order valence-corrected chi connectivity index (χ3v) is 6.01. The highest BCUT2D eigenvalue weighted by Crippen LogP contribution is 2.17. The molecule has 0 bridgehead atoms. The van der Waals surface area contributed by atoms with Crippen LogP contribution in [0, 0.1) is 0 Å². The van der Waals surface area contributed by atoms with E-state index in [1.165, 1.54) is 31.2 Å². The van der Waals surface area contributed by atoms with Gasteiger partial charge in [-0.1, -0.05) is 68.2 Å². The molecule has 0 aromatic heterocycles. The first-order valence-electron chi connectivity index (χ1n) is 10.7. The SMILES string of the molecule is C[C@H](C(=O)NC1CCCCCC1)N1CCN(C/C=C/c2ccccc2)CC1. The predicted octanol–water partition coefficient (Wildman–Crippen LogP) is 3.54. The summed E-state index contributed by atoms with van der Waals surface area (Å²) in [5.74, 6) is 0.222. The van der Waals surface area contributed by atoms with Crippen molar-refractivity contribution in [3.8, 4) is 0 Å². The van der Waals surface area contributed by atoms with Crippen LogP contribution in [-0.4, -0.2) is 60.5 Å². The van der Waals surface area contributed by atoms with E-state index in [2.05, 4.69) is 58.5 Å². The second kappa shape index (κ2) is 10.6. The van der Waals surface area contributed by atoms with Gasteiger partial charge in [-0.25, -0.2) is 0 Å². The lowest BCUT2D eigenvalue weighted by Crippen LogP contribution is -2.54. The van der Waals surface area contributed by atoms with Gasteiger partial charge in [0, 0.05) is 38.8 Å². The molecule has 1 aliphatic heterocycles. The molecule has 1 atom stereocenters. The Morgan fingerprint density at radius 1 is 1.07 bits per heavy atom. The van der Waals surface area contributed by atoms with Crippen molar-refractivity contribution in [1.29, 1.82) is 0 Å². The topological polar surface area (TPSA) is 35.6 Å². The Balaban J connectivity index is 1.38. The van der Waals surface area contributed by atoms with Crippen LogP contribution in [0.4, 0.5) is 0 Å². The Labute approximate surface area is 164 Å². The van der Waals surface area contributed by atoms with E-state index in [0.29, 0.717) is 6.04 Å². The molecule has 1 aliphatic carbocycles. The van der Waals surface area contributed by atoms with E-state index < -0.39 is 0 Å². The van der Waals surface area contributed by atoms with Crippen LogP contribution in [0.5, 0.6) is 0 Å². The van der Waals surface area contributed by atoms with Crippen LogP contribution >= 0.6 is 0 Å². The summed E-state index contributed by atoms with van der Waals surface area (Å²) in [6.45, 7) is 7.04. The number of amides is 1. The van der Waals surface area contributed by atoms with Crippen LogP contribution in [0.15, 0.2) is 36.4 Å². The van der Waals surface area contributed by atoms with Crippen LogP contribution in [-0.2, 0) is 4.79 Å². The molecule has 4 heteroatoms. The number of rotatable bonds is 6. The zero-order valence-electron chi connectivity index (χ0n) is 16.8. The van der Waals surface area contributed by atoms with Gasteiger partial charge in [-0.15, -0.1) is 0 Å². The predicted molar refractivity (Wildman–Crippen MR) is 113 cm³/mol. The fourth-order valence-electron chi connectivity index (χ4n) is 4.15. The van der Waals surface area contributed by atoms with Gasteiger partial charge in [-0.3, -0.25) is 14.6 Å². The molecule has 0 spiro atoms. The molecule has 1 aromatic carbocycles. The molecule has 0 radical (unpaired) electrons. The zero-order chi connectivity index (χ0) is 18.9. The molecule has 1 aromatic rings. The summed E-state index contributed by atoms with van der Waals surface area (Å²) in [6, 6.07) is 10.8. The number of carbonyl (C=O) groups excluding carboxylic acids is 1. The monoisotopic (exact) mass is 369 g/mol. The standard InChI is InChI=1S/C23H35N3O/c1-20(23(27)24-22-13-7-2-3-8-14-22)26-18-16-25(17-19-26)15-9-12-21-10-5-4-6-11-21/h4-6,9-12,20,22H,2-3,7-8,13-19H2,1H3,(H,24,27)/b12-9+/t20-/m1/s1. The maximum atomic E-state index is 12.7. The van der Waals surface area contributed by atoms with E-state index in [9.17, 15) is 4.79 Å². The van der Waals surface area contributed by atoms with Crippen molar-refractivity contribution < 1.29 is 4.79 Å². The third-order valence-electron chi connectivity index (χ3n) is 6.01. The van der Waals surface area contributed by atoms with E-state index in [1.807, 2.05) is 6.07 Å². The fraction of sp³-hybridized carbons (Fsp3) is 0.609. The molecular weight excluding hydrogens is 334 g/mol. The van der Waals surface area contributed by atoms with E-state index in [-0.39, 0.29) is 11.9 Å². The van der Waals surface area contributed by atoms with Crippen molar-refractivity contribution >= 4 is 12.0 Å². The molecule has 4 nitrogen and oxygen atoms in total. The Bertz CT molecular complexity index is 585. The summed E-state index contributed by atoms with van der Waals surface area (Å²) in [7, 11) is 0. The van der Waals surface area contributed by atoms with Crippen LogP contribution in [0.25, 0.3) is 6.08 Å². The molecule has 1 heterocycles. The van der Waals surface area contributed by atoms with Gasteiger partial charge >= 0.3 is 0 Å². The number of benzene rings is 1. The number of carbonyl (C=O) groups is 1. The average molecular weight is 370 g/mol. The quantitative estimate of drug-likeness (QED) is 0.779. The third kappa shape index (κ3) is 6.47. The molecule has 2 aliphatic rings. The zero-order valence-corrected chi connectivity index (χ0v) is 16.8. The Morgan fingerprint density at radius 2 is 1.74 bits per heavy atom. The van der Waals surface area contributed by atoms with Crippen LogP contribution in [0.1, 0.15) is 51.0 Å². The van der Waals surface area contributed by atoms with Gasteiger partial charge in [0.05, 0.1) is 6.04 Å². The van der Waals surface area contributed by atoms with Gasteiger partial charge in [-0.2, -0.15) is 0 Å². The van der Waals surface area contributed by atoms with Crippen molar-refractivity contribution in [2.24, 2.45) is 0 Å². The molecule has 0 unspecified atom stereocenters. The summed E-state index contributed by atoms with van der Waals surface area (Å²) >= 11 is 0. The maximum Gasteiger partial charge on any atom is 0.237 e. The van der Waals surface area contributed by atoms with Gasteiger partial charge in [0.2, 0.25) is 5.91 Å². The lowest BCUT2D eigenvalue weighted by Gasteiger charge is -2.37. The largest absolute Gasteiger partial charge is 0.352 e. The normalized spacial score (nSPS) is 21.8. The number of nitrogens with zero attached hydrogens (tertiary/aromatic N) is 2. The molecule has 148 valence electrons. The second-order valence-corrected chi connectivity index (χ2v) is 8.02. The van der Waals surface area contributed by atoms with E-state index >= 15 is 0 Å². The second-order valence-electron chi connectivity index (χ2n) is 8.02. The first-order valence-corrected chi connectivity index (χ1v) is 10.7. The lowest BCUT2D eigenvalue weighted by atomic mass is 10.1. The molecule has 1 N–H and O–H groups in total. The van der Waals surface area contributed by atoms with Gasteiger partial charge in [-0.05, 0) is 25.3 Å². The number of hydrogen-bond donors (Lipinski definition) is 1. The molecule has 27 heavy (non-hydrogen) atoms. The molecule has 3 rings (SSSR count). The Kier molecular flexibility index (Phi) is 7.91. The lowest BCUT2D eigenvalue weighted by molar-refractivity contribution is -0.127. The fourth-order valence-corrected chi connectivity index (χ4v) is 4.15. The molecular formula is C23H35N3O. The minimum atomic E-state index is -0.0183. The summed E-state index contributed by atoms with van der Waals surface area (Å²) in [5.41, 5.74) is 1.25. The van der Waals surface area contributed by atoms with Crippen molar-refractivity contribution in [3.05, 3.63) is 42.0 Å². The minimum absolute atomic E-state index is 0.0183.